The van der Waals surface area contributed by atoms with Crippen LogP contribution in [-0.2, 0) is 0 Å². The van der Waals surface area contributed by atoms with Gasteiger partial charge in [-0.25, -0.2) is 0 Å². The van der Waals surface area contributed by atoms with E-state index in [1.54, 1.807) is 7.05 Å². The normalized spacial score (nSPS) is 21.6. The summed E-state index contributed by atoms with van der Waals surface area (Å²) in [4.78, 5) is 4.04. The highest BCUT2D eigenvalue weighted by Crippen LogP contribution is 2.17. The summed E-state index contributed by atoms with van der Waals surface area (Å²) in [6.07, 6.45) is 3.80. The van der Waals surface area contributed by atoms with Crippen molar-refractivity contribution in [2.24, 2.45) is 10.7 Å². The van der Waals surface area contributed by atoms with E-state index in [1.165, 1.54) is 0 Å². The van der Waals surface area contributed by atoms with Gasteiger partial charge in [0.15, 0.2) is 0 Å². The minimum absolute atomic E-state index is 0.697. The van der Waals surface area contributed by atoms with Crippen LogP contribution in [0, 0.1) is 0 Å². The molecular formula is C9H12N2. The third-order valence-electron chi connectivity index (χ3n) is 1.77. The summed E-state index contributed by atoms with van der Waals surface area (Å²) < 4.78 is 0. The number of hydrogen-bond donors (Lipinski definition) is 1. The number of rotatable bonds is 0. The van der Waals surface area contributed by atoms with Crippen LogP contribution in [0.25, 0.3) is 0 Å². The van der Waals surface area contributed by atoms with Gasteiger partial charge in [-0.15, -0.1) is 0 Å². The van der Waals surface area contributed by atoms with Gasteiger partial charge >= 0.3 is 0 Å². The molecule has 58 valence electrons. The molecule has 0 aliphatic heterocycles. The molecule has 2 N–H and O–H groups in total. The Morgan fingerprint density at radius 3 is 2.55 bits per heavy atom. The number of nitrogens with zero attached hydrogens (tertiary/aromatic N) is 1. The monoisotopic (exact) mass is 148 g/mol. The zero-order valence-electron chi connectivity index (χ0n) is 6.89. The molecule has 2 heteroatoms. The summed E-state index contributed by atoms with van der Waals surface area (Å²) in [6, 6.07) is 0. The van der Waals surface area contributed by atoms with Gasteiger partial charge in [0.1, 0.15) is 0 Å². The van der Waals surface area contributed by atoms with Crippen molar-refractivity contribution < 1.29 is 0 Å². The Labute approximate surface area is 66.8 Å². The van der Waals surface area contributed by atoms with Crippen LogP contribution in [0.3, 0.4) is 0 Å². The molecule has 0 heterocycles. The van der Waals surface area contributed by atoms with Crippen LogP contribution in [0.4, 0.5) is 0 Å². The van der Waals surface area contributed by atoms with E-state index in [4.69, 9.17) is 5.73 Å². The first-order chi connectivity index (χ1) is 5.16. The molecule has 0 unspecified atom stereocenters. The topological polar surface area (TPSA) is 38.4 Å². The molecular weight excluding hydrogens is 136 g/mol. The minimum atomic E-state index is 0.697. The zero-order chi connectivity index (χ0) is 8.43. The highest BCUT2D eigenvalue weighted by atomic mass is 14.7. The van der Waals surface area contributed by atoms with Gasteiger partial charge in [0.25, 0.3) is 0 Å². The molecule has 1 aliphatic rings. The molecule has 1 rings (SSSR count). The second kappa shape index (κ2) is 2.74. The maximum absolute atomic E-state index is 5.67. The summed E-state index contributed by atoms with van der Waals surface area (Å²) in [5, 5.41) is 0. The highest BCUT2D eigenvalue weighted by Gasteiger charge is 2.11. The maximum atomic E-state index is 5.67. The minimum Gasteiger partial charge on any atom is -0.397 e. The summed E-state index contributed by atoms with van der Waals surface area (Å²) in [6.45, 7) is 5.87. The molecule has 0 aromatic carbocycles. The number of allylic oxidation sites excluding steroid dienone is 4. The lowest BCUT2D eigenvalue weighted by atomic mass is 9.97. The standard InChI is InChI=1S/C9H12N2/c1-6-4-5-8(10)9(11-3)7(6)2/h4-5H,2,10H2,1,3H3. The fraction of sp³-hybridized carbons (Fsp3) is 0.222. The number of aliphatic imine (C=N–C) groups is 1. The average Bonchev–Trinajstić information content (AvgIpc) is 1.99. The van der Waals surface area contributed by atoms with E-state index in [-0.39, 0.29) is 0 Å². The molecule has 0 saturated heterocycles. The molecule has 0 bridgehead atoms. The number of nitrogens with two attached hydrogens (primary N) is 1. The Balaban J connectivity index is 3.13. The zero-order valence-corrected chi connectivity index (χ0v) is 6.89. The molecule has 0 aromatic heterocycles. The van der Waals surface area contributed by atoms with Crippen molar-refractivity contribution in [2.75, 3.05) is 7.05 Å². The molecule has 0 aromatic rings. The van der Waals surface area contributed by atoms with Gasteiger partial charge in [0.05, 0.1) is 11.4 Å². The van der Waals surface area contributed by atoms with Crippen molar-refractivity contribution in [3.05, 3.63) is 35.6 Å². The summed E-state index contributed by atoms with van der Waals surface area (Å²) in [7, 11) is 1.72. The molecule has 0 atom stereocenters. The first-order valence-corrected chi connectivity index (χ1v) is 3.47. The lowest BCUT2D eigenvalue weighted by Crippen LogP contribution is -2.16. The van der Waals surface area contributed by atoms with Crippen molar-refractivity contribution in [3.8, 4) is 0 Å². The van der Waals surface area contributed by atoms with Gasteiger partial charge in [-0.1, -0.05) is 12.7 Å². The Bertz CT molecular complexity index is 276. The Morgan fingerprint density at radius 2 is 2.09 bits per heavy atom. The third-order valence-corrected chi connectivity index (χ3v) is 1.77. The van der Waals surface area contributed by atoms with Crippen molar-refractivity contribution in [2.45, 2.75) is 6.92 Å². The van der Waals surface area contributed by atoms with Gasteiger partial charge in [-0.2, -0.15) is 0 Å². The van der Waals surface area contributed by atoms with Gasteiger partial charge in [0, 0.05) is 7.05 Å². The Morgan fingerprint density at radius 1 is 1.45 bits per heavy atom. The first kappa shape index (κ1) is 7.79. The van der Waals surface area contributed by atoms with E-state index in [0.717, 1.165) is 16.9 Å². The van der Waals surface area contributed by atoms with Crippen LogP contribution >= 0.6 is 0 Å². The maximum Gasteiger partial charge on any atom is 0.0869 e. The molecule has 0 fully saturated rings. The van der Waals surface area contributed by atoms with E-state index in [2.05, 4.69) is 11.6 Å². The average molecular weight is 148 g/mol. The smallest absolute Gasteiger partial charge is 0.0869 e. The Hall–Kier alpha value is -1.31. The Kier molecular flexibility index (Phi) is 1.94. The second-order valence-corrected chi connectivity index (χ2v) is 2.52. The quantitative estimate of drug-likeness (QED) is 0.554. The van der Waals surface area contributed by atoms with Crippen LogP contribution in [0.5, 0.6) is 0 Å². The summed E-state index contributed by atoms with van der Waals surface area (Å²) in [5.41, 5.74) is 9.22. The molecule has 0 saturated carbocycles. The first-order valence-electron chi connectivity index (χ1n) is 3.47. The lowest BCUT2D eigenvalue weighted by Gasteiger charge is -2.13. The van der Waals surface area contributed by atoms with Crippen LogP contribution < -0.4 is 5.73 Å². The predicted octanol–water partition coefficient (Wildman–Crippen LogP) is 1.42. The summed E-state index contributed by atoms with van der Waals surface area (Å²) in [5.74, 6) is 0. The van der Waals surface area contributed by atoms with Crippen molar-refractivity contribution in [1.29, 1.82) is 0 Å². The lowest BCUT2D eigenvalue weighted by molar-refractivity contribution is 1.32. The third kappa shape index (κ3) is 1.24. The van der Waals surface area contributed by atoms with Gasteiger partial charge in [0.2, 0.25) is 0 Å². The van der Waals surface area contributed by atoms with E-state index in [9.17, 15) is 0 Å². The van der Waals surface area contributed by atoms with Crippen LogP contribution in [0.2, 0.25) is 0 Å². The fourth-order valence-electron chi connectivity index (χ4n) is 1.02. The molecule has 0 spiro atoms. The van der Waals surface area contributed by atoms with Crippen molar-refractivity contribution in [1.82, 2.24) is 0 Å². The predicted molar refractivity (Wildman–Crippen MR) is 48.5 cm³/mol. The molecule has 1 aliphatic carbocycles. The van der Waals surface area contributed by atoms with E-state index in [0.29, 0.717) is 5.70 Å². The molecule has 11 heavy (non-hydrogen) atoms. The molecule has 0 amide bonds. The van der Waals surface area contributed by atoms with Crippen LogP contribution in [-0.4, -0.2) is 12.8 Å². The number of hydrogen-bond acceptors (Lipinski definition) is 2. The van der Waals surface area contributed by atoms with Gasteiger partial charge < -0.3 is 5.73 Å². The van der Waals surface area contributed by atoms with Crippen LogP contribution in [0.1, 0.15) is 6.92 Å². The summed E-state index contributed by atoms with van der Waals surface area (Å²) >= 11 is 0. The van der Waals surface area contributed by atoms with E-state index >= 15 is 0 Å². The largest absolute Gasteiger partial charge is 0.397 e. The molecule has 0 radical (unpaired) electrons. The van der Waals surface area contributed by atoms with E-state index < -0.39 is 0 Å². The van der Waals surface area contributed by atoms with E-state index in [1.807, 2.05) is 19.1 Å². The fourth-order valence-corrected chi connectivity index (χ4v) is 1.02. The second-order valence-electron chi connectivity index (χ2n) is 2.52. The van der Waals surface area contributed by atoms with Gasteiger partial charge in [-0.3, -0.25) is 4.99 Å². The highest BCUT2D eigenvalue weighted by molar-refractivity contribution is 6.15. The van der Waals surface area contributed by atoms with Crippen molar-refractivity contribution in [3.63, 3.8) is 0 Å². The van der Waals surface area contributed by atoms with Crippen LogP contribution in [0.15, 0.2) is 40.6 Å². The molecule has 2 nitrogen and oxygen atoms in total. The van der Waals surface area contributed by atoms with Crippen molar-refractivity contribution >= 4 is 5.71 Å². The van der Waals surface area contributed by atoms with Gasteiger partial charge in [-0.05, 0) is 24.1 Å². The SMILES string of the molecule is C=C1C(C)=CC=C(N)C1=NC.